The highest BCUT2D eigenvalue weighted by molar-refractivity contribution is 7.91. The van der Waals surface area contributed by atoms with Crippen molar-refractivity contribution in [3.05, 3.63) is 58.7 Å². The summed E-state index contributed by atoms with van der Waals surface area (Å²) in [6.07, 6.45) is 0.505. The first kappa shape index (κ1) is 20.8. The quantitative estimate of drug-likeness (QED) is 0.651. The van der Waals surface area contributed by atoms with Crippen LogP contribution in [0.5, 0.6) is 0 Å². The fourth-order valence-corrected chi connectivity index (χ4v) is 5.24. The van der Waals surface area contributed by atoms with E-state index in [0.717, 1.165) is 11.6 Å². The molecule has 1 aliphatic rings. The molecule has 4 rings (SSSR count). The zero-order valence-corrected chi connectivity index (χ0v) is 17.8. The molecular weight excluding hydrogens is 431 g/mol. The fraction of sp³-hybridized carbons (Fsp3) is 0.300. The highest BCUT2D eigenvalue weighted by atomic mass is 35.5. The first-order valence-electron chi connectivity index (χ1n) is 9.41. The maximum atomic E-state index is 14.9. The van der Waals surface area contributed by atoms with Gasteiger partial charge in [0.1, 0.15) is 5.82 Å². The molecule has 0 unspecified atom stereocenters. The molecule has 2 heterocycles. The summed E-state index contributed by atoms with van der Waals surface area (Å²) in [5.41, 5.74) is 7.40. The van der Waals surface area contributed by atoms with Crippen molar-refractivity contribution in [3.8, 4) is 11.5 Å². The lowest BCUT2D eigenvalue weighted by Crippen LogP contribution is -2.39. The summed E-state index contributed by atoms with van der Waals surface area (Å²) in [6.45, 7) is 2.50. The lowest BCUT2D eigenvalue weighted by molar-refractivity contribution is 0.507. The Bertz CT molecular complexity index is 1180. The Morgan fingerprint density at radius 3 is 2.67 bits per heavy atom. The summed E-state index contributed by atoms with van der Waals surface area (Å²) in [7, 11) is -3.77. The molecule has 0 saturated heterocycles. The van der Waals surface area contributed by atoms with Crippen LogP contribution in [-0.2, 0) is 22.8 Å². The van der Waals surface area contributed by atoms with Gasteiger partial charge in [0, 0.05) is 30.6 Å². The molecule has 30 heavy (non-hydrogen) atoms. The number of hydrogen-bond donors (Lipinski definition) is 1. The molecule has 2 N–H and O–H groups in total. The predicted molar refractivity (Wildman–Crippen MR) is 112 cm³/mol. The van der Waals surface area contributed by atoms with E-state index in [0.29, 0.717) is 29.6 Å². The van der Waals surface area contributed by atoms with Gasteiger partial charge in [-0.2, -0.15) is 0 Å². The van der Waals surface area contributed by atoms with E-state index < -0.39 is 21.7 Å². The summed E-state index contributed by atoms with van der Waals surface area (Å²) < 4.78 is 46.1. The zero-order chi connectivity index (χ0) is 21.5. The lowest BCUT2D eigenvalue weighted by atomic mass is 10.1. The Kier molecular flexibility index (Phi) is 5.52. The molecule has 1 atom stereocenters. The number of aryl methyl sites for hydroxylation is 1. The van der Waals surface area contributed by atoms with Gasteiger partial charge in [0.05, 0.1) is 21.9 Å². The van der Waals surface area contributed by atoms with E-state index in [1.54, 1.807) is 12.1 Å². The minimum Gasteiger partial charge on any atom is -0.421 e. The second-order valence-corrected chi connectivity index (χ2v) is 9.64. The van der Waals surface area contributed by atoms with Crippen LogP contribution in [0.1, 0.15) is 18.4 Å². The summed E-state index contributed by atoms with van der Waals surface area (Å²) >= 11 is 5.96. The van der Waals surface area contributed by atoms with Gasteiger partial charge < -0.3 is 15.1 Å². The number of sulfone groups is 1. The van der Waals surface area contributed by atoms with Crippen LogP contribution in [0.2, 0.25) is 5.02 Å². The molecule has 0 spiro atoms. The van der Waals surface area contributed by atoms with E-state index >= 15 is 0 Å². The number of hydrogen-bond acceptors (Lipinski definition) is 7. The highest BCUT2D eigenvalue weighted by Gasteiger charge is 2.32. The first-order valence-corrected chi connectivity index (χ1v) is 11.4. The van der Waals surface area contributed by atoms with Gasteiger partial charge in [-0.05, 0) is 29.8 Å². The van der Waals surface area contributed by atoms with Crippen molar-refractivity contribution in [1.29, 1.82) is 0 Å². The first-order chi connectivity index (χ1) is 14.3. The molecule has 1 aliphatic heterocycles. The Hall–Kier alpha value is -2.49. The molecule has 10 heteroatoms. The number of fused-ring (bicyclic) bond motifs is 1. The third-order valence-corrected chi connectivity index (χ3v) is 7.02. The molecule has 0 radical (unpaired) electrons. The molecular formula is C20H20ClFN4O3S. The van der Waals surface area contributed by atoms with E-state index in [-0.39, 0.29) is 28.6 Å². The second-order valence-electron chi connectivity index (χ2n) is 7.20. The fourth-order valence-electron chi connectivity index (χ4n) is 3.47. The van der Waals surface area contributed by atoms with Crippen LogP contribution in [0.25, 0.3) is 11.5 Å². The minimum atomic E-state index is -3.77. The van der Waals surface area contributed by atoms with Gasteiger partial charge in [-0.1, -0.05) is 30.7 Å². The maximum absolute atomic E-state index is 14.9. The summed E-state index contributed by atoms with van der Waals surface area (Å²) in [5.74, 6) is -0.640. The van der Waals surface area contributed by atoms with Gasteiger partial charge in [-0.15, -0.1) is 10.2 Å². The van der Waals surface area contributed by atoms with Crippen molar-refractivity contribution in [2.24, 2.45) is 5.73 Å². The molecule has 0 bridgehead atoms. The molecule has 0 amide bonds. The third kappa shape index (κ3) is 4.05. The van der Waals surface area contributed by atoms with Gasteiger partial charge in [-0.3, -0.25) is 0 Å². The summed E-state index contributed by atoms with van der Waals surface area (Å²) in [4.78, 5) is 1.73. The standard InChI is InChI=1S/C20H20ClFN4O3S/c1-2-19-24-25-20(29-19)15-7-17-18(8-16(15)22)30(27,28)11-14(23)10-26(17)9-12-3-5-13(21)6-4-12/h3-8,14H,2,9-11,23H2,1H3/t14-/m1/s1. The van der Waals surface area contributed by atoms with Crippen LogP contribution < -0.4 is 10.6 Å². The number of anilines is 1. The average molecular weight is 451 g/mol. The Morgan fingerprint density at radius 1 is 1.27 bits per heavy atom. The van der Waals surface area contributed by atoms with Crippen LogP contribution in [0, 0.1) is 5.82 Å². The van der Waals surface area contributed by atoms with Gasteiger partial charge in [-0.25, -0.2) is 12.8 Å². The highest BCUT2D eigenvalue weighted by Crippen LogP contribution is 2.36. The predicted octanol–water partition coefficient (Wildman–Crippen LogP) is 3.21. The van der Waals surface area contributed by atoms with E-state index in [4.69, 9.17) is 21.8 Å². The van der Waals surface area contributed by atoms with E-state index in [9.17, 15) is 12.8 Å². The molecule has 0 fully saturated rings. The van der Waals surface area contributed by atoms with Crippen LogP contribution in [-0.4, -0.2) is 37.0 Å². The number of rotatable bonds is 4. The van der Waals surface area contributed by atoms with Gasteiger partial charge in [0.25, 0.3) is 5.89 Å². The maximum Gasteiger partial charge on any atom is 0.250 e. The Balaban J connectivity index is 1.84. The van der Waals surface area contributed by atoms with Crippen molar-refractivity contribution in [2.45, 2.75) is 30.8 Å². The van der Waals surface area contributed by atoms with Crippen molar-refractivity contribution >= 4 is 27.1 Å². The van der Waals surface area contributed by atoms with Crippen LogP contribution >= 0.6 is 11.6 Å². The molecule has 3 aromatic rings. The number of halogens is 2. The van der Waals surface area contributed by atoms with Gasteiger partial charge >= 0.3 is 0 Å². The Morgan fingerprint density at radius 2 is 2.00 bits per heavy atom. The second kappa shape index (κ2) is 7.98. The van der Waals surface area contributed by atoms with Crippen molar-refractivity contribution in [1.82, 2.24) is 10.2 Å². The SMILES string of the molecule is CCc1nnc(-c2cc3c(cc2F)S(=O)(=O)C[C@H](N)CN3Cc2ccc(Cl)cc2)o1. The monoisotopic (exact) mass is 450 g/mol. The van der Waals surface area contributed by atoms with Crippen molar-refractivity contribution < 1.29 is 17.2 Å². The van der Waals surface area contributed by atoms with Crippen LogP contribution in [0.3, 0.4) is 0 Å². The summed E-state index contributed by atoms with van der Waals surface area (Å²) in [6, 6.07) is 9.05. The van der Waals surface area contributed by atoms with Gasteiger partial charge in [0.15, 0.2) is 9.84 Å². The lowest BCUT2D eigenvalue weighted by Gasteiger charge is -2.26. The molecule has 7 nitrogen and oxygen atoms in total. The molecule has 0 aliphatic carbocycles. The zero-order valence-electron chi connectivity index (χ0n) is 16.2. The average Bonchev–Trinajstić information content (AvgIpc) is 3.14. The minimum absolute atomic E-state index is 0.00420. The topological polar surface area (TPSA) is 102 Å². The number of aromatic nitrogens is 2. The van der Waals surface area contributed by atoms with E-state index in [2.05, 4.69) is 10.2 Å². The van der Waals surface area contributed by atoms with Gasteiger partial charge in [0.2, 0.25) is 5.89 Å². The van der Waals surface area contributed by atoms with Crippen LogP contribution in [0.4, 0.5) is 10.1 Å². The molecule has 158 valence electrons. The smallest absolute Gasteiger partial charge is 0.250 e. The van der Waals surface area contributed by atoms with Crippen LogP contribution in [0.15, 0.2) is 45.7 Å². The summed E-state index contributed by atoms with van der Waals surface area (Å²) in [5, 5.41) is 8.37. The number of nitrogens with zero attached hydrogens (tertiary/aromatic N) is 3. The normalized spacial score (nSPS) is 18.1. The molecule has 1 aromatic heterocycles. The molecule has 0 saturated carbocycles. The number of nitrogens with two attached hydrogens (primary N) is 1. The van der Waals surface area contributed by atoms with Crippen molar-refractivity contribution in [2.75, 3.05) is 17.2 Å². The largest absolute Gasteiger partial charge is 0.421 e. The third-order valence-electron chi connectivity index (χ3n) is 4.90. The Labute approximate surface area is 178 Å². The number of benzene rings is 2. The van der Waals surface area contributed by atoms with E-state index in [1.165, 1.54) is 6.07 Å². The van der Waals surface area contributed by atoms with Crippen molar-refractivity contribution in [3.63, 3.8) is 0 Å². The van der Waals surface area contributed by atoms with E-state index in [1.807, 2.05) is 24.0 Å². The molecule has 2 aromatic carbocycles.